The molecule has 8 nitrogen and oxygen atoms in total. The normalized spacial score (nSPS) is 15.7. The highest BCUT2D eigenvalue weighted by molar-refractivity contribution is 5.96. The van der Waals surface area contributed by atoms with Gasteiger partial charge in [0.25, 0.3) is 5.91 Å². The second kappa shape index (κ2) is 10.5. The van der Waals surface area contributed by atoms with E-state index in [0.29, 0.717) is 17.9 Å². The van der Waals surface area contributed by atoms with Gasteiger partial charge in [-0.3, -0.25) is 14.4 Å². The van der Waals surface area contributed by atoms with Gasteiger partial charge in [0.15, 0.2) is 0 Å². The second-order valence-corrected chi connectivity index (χ2v) is 8.70. The summed E-state index contributed by atoms with van der Waals surface area (Å²) in [7, 11) is 1.96. The highest BCUT2D eigenvalue weighted by Gasteiger charge is 2.19. The number of fused-ring (bicyclic) bond motifs is 1. The van der Waals surface area contributed by atoms with Gasteiger partial charge < -0.3 is 20.1 Å². The lowest BCUT2D eigenvalue weighted by atomic mass is 9.97. The molecule has 0 saturated carbocycles. The number of carbonyl (C=O) groups is 1. The lowest BCUT2D eigenvalue weighted by Crippen LogP contribution is -2.36. The number of halogens is 2. The Morgan fingerprint density at radius 2 is 1.97 bits per heavy atom. The van der Waals surface area contributed by atoms with Crippen LogP contribution in [0.1, 0.15) is 27.2 Å². The van der Waals surface area contributed by atoms with E-state index < -0.39 is 6.61 Å². The molecule has 0 unspecified atom stereocenters. The molecule has 0 bridgehead atoms. The first-order valence-corrected chi connectivity index (χ1v) is 11.7. The summed E-state index contributed by atoms with van der Waals surface area (Å²) in [5.41, 5.74) is 5.73. The first-order valence-electron chi connectivity index (χ1n) is 11.7. The summed E-state index contributed by atoms with van der Waals surface area (Å²) in [6.07, 6.45) is 3.79. The lowest BCUT2D eigenvalue weighted by molar-refractivity contribution is -0.0498. The van der Waals surface area contributed by atoms with Crippen LogP contribution in [0.25, 0.3) is 17.2 Å². The highest BCUT2D eigenvalue weighted by Crippen LogP contribution is 2.29. The van der Waals surface area contributed by atoms with Crippen molar-refractivity contribution in [2.24, 2.45) is 7.05 Å². The van der Waals surface area contributed by atoms with Crippen LogP contribution in [0.4, 0.5) is 8.78 Å². The van der Waals surface area contributed by atoms with Crippen LogP contribution in [0.2, 0.25) is 0 Å². The Labute approximate surface area is 207 Å². The zero-order valence-corrected chi connectivity index (χ0v) is 19.8. The second-order valence-electron chi connectivity index (χ2n) is 8.70. The molecule has 36 heavy (non-hydrogen) atoms. The number of nitrogens with one attached hydrogen (secondary N) is 2. The number of aryl methyl sites for hydroxylation is 1. The van der Waals surface area contributed by atoms with E-state index in [-0.39, 0.29) is 11.7 Å². The van der Waals surface area contributed by atoms with Gasteiger partial charge >= 0.3 is 6.61 Å². The molecule has 2 aromatic carbocycles. The Kier molecular flexibility index (Phi) is 6.97. The van der Waals surface area contributed by atoms with Gasteiger partial charge in [0.1, 0.15) is 11.6 Å². The van der Waals surface area contributed by atoms with E-state index in [2.05, 4.69) is 43.6 Å². The van der Waals surface area contributed by atoms with Crippen molar-refractivity contribution in [2.45, 2.75) is 19.7 Å². The Morgan fingerprint density at radius 1 is 1.19 bits per heavy atom. The molecule has 2 aliphatic rings. The third-order valence-electron chi connectivity index (χ3n) is 6.35. The fourth-order valence-corrected chi connectivity index (χ4v) is 4.38. The zero-order valence-electron chi connectivity index (χ0n) is 19.8. The Balaban J connectivity index is 1.33. The summed E-state index contributed by atoms with van der Waals surface area (Å²) in [5.74, 6) is 0.218. The first-order chi connectivity index (χ1) is 17.5. The van der Waals surface area contributed by atoms with Crippen LogP contribution in [0.3, 0.4) is 0 Å². The summed E-state index contributed by atoms with van der Waals surface area (Å²) in [6.45, 7) is 1.73. The van der Waals surface area contributed by atoms with Crippen molar-refractivity contribution in [3.63, 3.8) is 0 Å². The first kappa shape index (κ1) is 24.0. The van der Waals surface area contributed by atoms with Crippen molar-refractivity contribution in [2.75, 3.05) is 26.3 Å². The van der Waals surface area contributed by atoms with Crippen LogP contribution in [0.5, 0.6) is 5.75 Å². The minimum Gasteiger partial charge on any atom is -0.435 e. The molecule has 0 radical (unpaired) electrons. The molecule has 10 heteroatoms. The molecule has 1 fully saturated rings. The van der Waals surface area contributed by atoms with Gasteiger partial charge in [-0.05, 0) is 53.1 Å². The van der Waals surface area contributed by atoms with Gasteiger partial charge in [0, 0.05) is 44.4 Å². The van der Waals surface area contributed by atoms with Gasteiger partial charge in [-0.25, -0.2) is 0 Å². The molecular formula is C26H27F2N5O3. The summed E-state index contributed by atoms with van der Waals surface area (Å²) in [4.78, 5) is 15.0. The topological polar surface area (TPSA) is 80.7 Å². The van der Waals surface area contributed by atoms with Crippen molar-refractivity contribution in [1.82, 2.24) is 25.3 Å². The van der Waals surface area contributed by atoms with E-state index in [4.69, 9.17) is 4.74 Å². The van der Waals surface area contributed by atoms with Crippen LogP contribution in [0.15, 0.2) is 54.5 Å². The monoisotopic (exact) mass is 495 g/mol. The molecule has 0 spiro atoms. The molecule has 1 amide bonds. The predicted molar refractivity (Wildman–Crippen MR) is 130 cm³/mol. The van der Waals surface area contributed by atoms with Crippen LogP contribution >= 0.6 is 0 Å². The van der Waals surface area contributed by atoms with Gasteiger partial charge in [0.2, 0.25) is 0 Å². The fourth-order valence-electron chi connectivity index (χ4n) is 4.38. The average molecular weight is 496 g/mol. The van der Waals surface area contributed by atoms with Gasteiger partial charge in [-0.1, -0.05) is 12.1 Å². The maximum Gasteiger partial charge on any atom is 0.387 e. The Bertz CT molecular complexity index is 1270. The van der Waals surface area contributed by atoms with Gasteiger partial charge in [-0.15, -0.1) is 0 Å². The quantitative estimate of drug-likeness (QED) is 0.523. The van der Waals surface area contributed by atoms with Crippen molar-refractivity contribution in [3.8, 4) is 16.9 Å². The molecule has 5 rings (SSSR count). The van der Waals surface area contributed by atoms with Gasteiger partial charge in [0.05, 0.1) is 25.1 Å². The largest absolute Gasteiger partial charge is 0.435 e. The minimum atomic E-state index is -2.91. The predicted octanol–water partition coefficient (Wildman–Crippen LogP) is 3.35. The van der Waals surface area contributed by atoms with E-state index in [0.717, 1.165) is 60.8 Å². The van der Waals surface area contributed by atoms with Crippen LogP contribution in [0, 0.1) is 0 Å². The molecule has 1 saturated heterocycles. The van der Waals surface area contributed by atoms with Crippen molar-refractivity contribution in [1.29, 1.82) is 0 Å². The number of aromatic nitrogens is 2. The Hall–Kier alpha value is -3.76. The van der Waals surface area contributed by atoms with Crippen molar-refractivity contribution in [3.05, 3.63) is 76.9 Å². The molecule has 3 aromatic rings. The van der Waals surface area contributed by atoms with E-state index in [9.17, 15) is 13.6 Å². The van der Waals surface area contributed by atoms with E-state index in [1.54, 1.807) is 0 Å². The number of amides is 1. The fraction of sp³-hybridized carbons (Fsp3) is 0.308. The number of carbonyl (C=O) groups excluding carboxylic acids is 1. The molecule has 1 aromatic heterocycles. The standard InChI is InChI=1S/C26H27F2N5O3/c1-32-23(16-33-8-10-35-11-9-33)22(15-30-32)18-2-3-19-14-29-24(13-20(19)12-18)31-25(34)17-4-6-21(7-5-17)36-26(27)28/h2-7,12-13,15,26,29H,8-11,14,16H2,1H3,(H,31,34). The Morgan fingerprint density at radius 3 is 2.72 bits per heavy atom. The molecule has 0 atom stereocenters. The molecule has 2 N–H and O–H groups in total. The lowest BCUT2D eigenvalue weighted by Gasteiger charge is -2.27. The van der Waals surface area contributed by atoms with Crippen LogP contribution in [-0.2, 0) is 24.9 Å². The summed E-state index contributed by atoms with van der Waals surface area (Å²) in [6, 6.07) is 11.9. The van der Waals surface area contributed by atoms with E-state index in [1.165, 1.54) is 24.3 Å². The molecule has 3 heterocycles. The van der Waals surface area contributed by atoms with Crippen LogP contribution < -0.4 is 15.4 Å². The van der Waals surface area contributed by atoms with Crippen molar-refractivity contribution < 1.29 is 23.0 Å². The third-order valence-corrected chi connectivity index (χ3v) is 6.35. The SMILES string of the molecule is Cn1ncc(-c2ccc3c(c2)C=C(NC(=O)c2ccc(OC(F)F)cc2)NC3)c1CN1CCOCC1. The summed E-state index contributed by atoms with van der Waals surface area (Å²) < 4.78 is 36.4. The van der Waals surface area contributed by atoms with Crippen LogP contribution in [-0.4, -0.2) is 53.5 Å². The maximum absolute atomic E-state index is 12.7. The number of rotatable bonds is 7. The summed E-state index contributed by atoms with van der Waals surface area (Å²) >= 11 is 0. The van der Waals surface area contributed by atoms with E-state index >= 15 is 0 Å². The number of hydrogen-bond acceptors (Lipinski definition) is 6. The summed E-state index contributed by atoms with van der Waals surface area (Å²) in [5, 5.41) is 10.6. The van der Waals surface area contributed by atoms with E-state index in [1.807, 2.05) is 24.0 Å². The number of hydrogen-bond donors (Lipinski definition) is 2. The number of nitrogens with zero attached hydrogens (tertiary/aromatic N) is 3. The van der Waals surface area contributed by atoms with Gasteiger partial charge in [-0.2, -0.15) is 13.9 Å². The zero-order chi connectivity index (χ0) is 25.1. The molecular weight excluding hydrogens is 468 g/mol. The number of morpholine rings is 1. The minimum absolute atomic E-state index is 0.00130. The average Bonchev–Trinajstić information content (AvgIpc) is 3.24. The number of alkyl halides is 2. The highest BCUT2D eigenvalue weighted by atomic mass is 19.3. The van der Waals surface area contributed by atoms with Crippen molar-refractivity contribution >= 4 is 12.0 Å². The molecule has 2 aliphatic heterocycles. The molecule has 0 aliphatic carbocycles. The smallest absolute Gasteiger partial charge is 0.387 e. The molecule has 188 valence electrons. The number of ether oxygens (including phenoxy) is 2. The maximum atomic E-state index is 12.7. The third kappa shape index (κ3) is 5.39. The number of benzene rings is 2.